The minimum absolute atomic E-state index is 0.121. The monoisotopic (exact) mass is 405 g/mol. The molecule has 2 aromatic heterocycles. The number of nitrogens with zero attached hydrogens (tertiary/aromatic N) is 2. The highest BCUT2D eigenvalue weighted by atomic mass is 19.1. The lowest BCUT2D eigenvalue weighted by atomic mass is 9.85. The van der Waals surface area contributed by atoms with Crippen LogP contribution in [-0.2, 0) is 4.74 Å². The molecule has 1 atom stereocenters. The molecule has 1 N–H and O–H groups in total. The number of nitrogens with one attached hydrogen (secondary N) is 1. The maximum Gasteiger partial charge on any atom is 0.255 e. The van der Waals surface area contributed by atoms with Crippen LogP contribution in [-0.4, -0.2) is 29.7 Å². The maximum absolute atomic E-state index is 15.8. The van der Waals surface area contributed by atoms with E-state index in [1.165, 1.54) is 11.6 Å². The Morgan fingerprint density at radius 3 is 2.60 bits per heavy atom. The van der Waals surface area contributed by atoms with Gasteiger partial charge in [0, 0.05) is 24.7 Å². The number of pyridine rings is 1. The van der Waals surface area contributed by atoms with Crippen LogP contribution in [0.5, 0.6) is 0 Å². The topological polar surface area (TPSA) is 55.6 Å². The average molecular weight is 405 g/mol. The van der Waals surface area contributed by atoms with E-state index in [0.717, 1.165) is 22.5 Å². The average Bonchev–Trinajstić information content (AvgIpc) is 3.15. The Labute approximate surface area is 174 Å². The Hall–Kier alpha value is -3.41. The highest BCUT2D eigenvalue weighted by Gasteiger charge is 2.27. The van der Waals surface area contributed by atoms with Crippen molar-refractivity contribution < 1.29 is 13.9 Å². The van der Waals surface area contributed by atoms with Crippen molar-refractivity contribution in [1.82, 2.24) is 14.9 Å². The van der Waals surface area contributed by atoms with Gasteiger partial charge in [-0.2, -0.15) is 5.10 Å². The number of allylic oxidation sites excluding steroid dienone is 3. The van der Waals surface area contributed by atoms with Crippen LogP contribution in [0.4, 0.5) is 4.39 Å². The zero-order chi connectivity index (χ0) is 21.4. The minimum Gasteiger partial charge on any atom is -0.497 e. The zero-order valence-corrected chi connectivity index (χ0v) is 17.5. The van der Waals surface area contributed by atoms with Crippen molar-refractivity contribution >= 4 is 11.4 Å². The number of halogens is 1. The summed E-state index contributed by atoms with van der Waals surface area (Å²) in [5, 5.41) is 7.18. The Balaban J connectivity index is 1.91. The molecule has 5 nitrogen and oxygen atoms in total. The second-order valence-corrected chi connectivity index (χ2v) is 7.53. The number of carbonyl (C=O) groups excluding carboxylic acids is 1. The van der Waals surface area contributed by atoms with Gasteiger partial charge in [0.2, 0.25) is 0 Å². The quantitative estimate of drug-likeness (QED) is 0.680. The second-order valence-electron chi connectivity index (χ2n) is 7.53. The van der Waals surface area contributed by atoms with E-state index in [0.29, 0.717) is 17.7 Å². The van der Waals surface area contributed by atoms with Crippen LogP contribution in [0.1, 0.15) is 40.7 Å². The Kier molecular flexibility index (Phi) is 5.16. The van der Waals surface area contributed by atoms with E-state index in [4.69, 9.17) is 4.74 Å². The van der Waals surface area contributed by atoms with Crippen molar-refractivity contribution in [3.05, 3.63) is 82.5 Å². The number of benzene rings is 1. The van der Waals surface area contributed by atoms with Gasteiger partial charge in [-0.05, 0) is 44.1 Å². The SMILES string of the molecule is CNC(=O)c1c(-c2ccc(C)cc2)nn2ccc(C3CC=C(OC)C=C3C)c(F)c12. The smallest absolute Gasteiger partial charge is 0.255 e. The lowest BCUT2D eigenvalue weighted by Gasteiger charge is -2.22. The molecule has 0 bridgehead atoms. The van der Waals surface area contributed by atoms with Crippen LogP contribution >= 0.6 is 0 Å². The van der Waals surface area contributed by atoms with Crippen LogP contribution in [0, 0.1) is 12.7 Å². The number of hydrogen-bond donors (Lipinski definition) is 1. The Bertz CT molecular complexity index is 1190. The number of ether oxygens (including phenoxy) is 1. The predicted molar refractivity (Wildman–Crippen MR) is 115 cm³/mol. The number of rotatable bonds is 4. The molecule has 0 aliphatic heterocycles. The van der Waals surface area contributed by atoms with Crippen LogP contribution < -0.4 is 5.32 Å². The molecule has 6 heteroatoms. The van der Waals surface area contributed by atoms with E-state index in [9.17, 15) is 4.79 Å². The summed E-state index contributed by atoms with van der Waals surface area (Å²) in [6, 6.07) is 9.44. The number of aromatic nitrogens is 2. The minimum atomic E-state index is -0.422. The lowest BCUT2D eigenvalue weighted by molar-refractivity contribution is 0.0965. The largest absolute Gasteiger partial charge is 0.497 e. The number of fused-ring (bicyclic) bond motifs is 1. The molecule has 1 aromatic carbocycles. The van der Waals surface area contributed by atoms with E-state index >= 15 is 4.39 Å². The molecule has 2 heterocycles. The van der Waals surface area contributed by atoms with Gasteiger partial charge in [-0.3, -0.25) is 4.79 Å². The second kappa shape index (κ2) is 7.78. The fourth-order valence-electron chi connectivity index (χ4n) is 3.95. The van der Waals surface area contributed by atoms with Crippen molar-refractivity contribution in [2.24, 2.45) is 0 Å². The van der Waals surface area contributed by atoms with Gasteiger partial charge in [0.1, 0.15) is 17.0 Å². The normalized spacial score (nSPS) is 16.2. The maximum atomic E-state index is 15.8. The molecule has 154 valence electrons. The van der Waals surface area contributed by atoms with Crippen LogP contribution in [0.25, 0.3) is 16.8 Å². The number of amides is 1. The molecule has 0 spiro atoms. The molecule has 4 rings (SSSR count). The molecule has 1 amide bonds. The van der Waals surface area contributed by atoms with E-state index < -0.39 is 5.82 Å². The molecule has 0 fully saturated rings. The molecular weight excluding hydrogens is 381 g/mol. The molecule has 0 saturated heterocycles. The number of aryl methyl sites for hydroxylation is 1. The third kappa shape index (κ3) is 3.28. The van der Waals surface area contributed by atoms with Crippen molar-refractivity contribution in [1.29, 1.82) is 0 Å². The molecule has 0 saturated carbocycles. The molecule has 1 aliphatic rings. The van der Waals surface area contributed by atoms with Crippen LogP contribution in [0.15, 0.2) is 60.0 Å². The summed E-state index contributed by atoms with van der Waals surface area (Å²) >= 11 is 0. The van der Waals surface area contributed by atoms with Gasteiger partial charge < -0.3 is 10.1 Å². The van der Waals surface area contributed by atoms with E-state index in [1.54, 1.807) is 19.4 Å². The Morgan fingerprint density at radius 2 is 1.97 bits per heavy atom. The molecule has 1 unspecified atom stereocenters. The first-order valence-electron chi connectivity index (χ1n) is 9.86. The van der Waals surface area contributed by atoms with Crippen molar-refractivity contribution in [2.45, 2.75) is 26.2 Å². The third-order valence-electron chi connectivity index (χ3n) is 5.63. The van der Waals surface area contributed by atoms with Crippen molar-refractivity contribution in [3.63, 3.8) is 0 Å². The van der Waals surface area contributed by atoms with Gasteiger partial charge in [0.05, 0.1) is 12.7 Å². The summed E-state index contributed by atoms with van der Waals surface area (Å²) in [4.78, 5) is 12.8. The van der Waals surface area contributed by atoms with Gasteiger partial charge in [0.15, 0.2) is 5.82 Å². The first-order chi connectivity index (χ1) is 14.4. The molecule has 30 heavy (non-hydrogen) atoms. The van der Waals surface area contributed by atoms with Gasteiger partial charge in [-0.15, -0.1) is 0 Å². The first kappa shape index (κ1) is 19.9. The third-order valence-corrected chi connectivity index (χ3v) is 5.63. The van der Waals surface area contributed by atoms with E-state index in [1.807, 2.05) is 50.3 Å². The summed E-state index contributed by atoms with van der Waals surface area (Å²) in [5.74, 6) is -0.130. The summed E-state index contributed by atoms with van der Waals surface area (Å²) in [6.45, 7) is 3.95. The lowest BCUT2D eigenvalue weighted by Crippen LogP contribution is -2.19. The molecule has 3 aromatic rings. The fraction of sp³-hybridized carbons (Fsp3) is 0.250. The van der Waals surface area contributed by atoms with Crippen LogP contribution in [0.2, 0.25) is 0 Å². The highest BCUT2D eigenvalue weighted by molar-refractivity contribution is 6.06. The summed E-state index contributed by atoms with van der Waals surface area (Å²) in [5.41, 5.74) is 4.32. The number of hydrogen-bond acceptors (Lipinski definition) is 3. The van der Waals surface area contributed by atoms with Gasteiger partial charge in [-0.1, -0.05) is 35.4 Å². The molecule has 1 aliphatic carbocycles. The fourth-order valence-corrected chi connectivity index (χ4v) is 3.95. The highest BCUT2D eigenvalue weighted by Crippen LogP contribution is 2.37. The van der Waals surface area contributed by atoms with Crippen molar-refractivity contribution in [2.75, 3.05) is 14.2 Å². The van der Waals surface area contributed by atoms with Gasteiger partial charge >= 0.3 is 0 Å². The van der Waals surface area contributed by atoms with E-state index in [-0.39, 0.29) is 22.9 Å². The molecule has 0 radical (unpaired) electrons. The van der Waals surface area contributed by atoms with Gasteiger partial charge in [-0.25, -0.2) is 8.91 Å². The summed E-state index contributed by atoms with van der Waals surface area (Å²) < 4.78 is 22.6. The summed E-state index contributed by atoms with van der Waals surface area (Å²) in [6.07, 6.45) is 6.23. The van der Waals surface area contributed by atoms with Gasteiger partial charge in [0.25, 0.3) is 5.91 Å². The Morgan fingerprint density at radius 1 is 1.23 bits per heavy atom. The van der Waals surface area contributed by atoms with E-state index in [2.05, 4.69) is 10.4 Å². The molecular formula is C24H24FN3O2. The number of methoxy groups -OCH3 is 1. The first-order valence-corrected chi connectivity index (χ1v) is 9.86. The number of carbonyl (C=O) groups is 1. The summed E-state index contributed by atoms with van der Waals surface area (Å²) in [7, 11) is 3.16. The standard InChI is InChI=1S/C24H24FN3O2/c1-14-5-7-16(8-6-14)22-20(24(29)26-3)23-21(25)19(11-12-28(23)27-22)18-10-9-17(30-4)13-15(18)2/h5-9,11-13,18H,10H2,1-4H3,(H,26,29). The van der Waals surface area contributed by atoms with Crippen LogP contribution in [0.3, 0.4) is 0 Å². The zero-order valence-electron chi connectivity index (χ0n) is 17.5. The van der Waals surface area contributed by atoms with Crippen molar-refractivity contribution in [3.8, 4) is 11.3 Å². The predicted octanol–water partition coefficient (Wildman–Crippen LogP) is 4.77.